The number of alkyl halides is 1. The molecule has 4 aliphatic carbocycles. The van der Waals surface area contributed by atoms with Crippen LogP contribution in [-0.4, -0.2) is 6.17 Å². The average Bonchev–Trinajstić information content (AvgIpc) is 3.00. The van der Waals surface area contributed by atoms with E-state index in [1.807, 2.05) is 0 Å². The van der Waals surface area contributed by atoms with Gasteiger partial charge in [-0.25, -0.2) is 4.39 Å². The minimum absolute atomic E-state index is 0.289. The number of halogens is 1. The van der Waals surface area contributed by atoms with Gasteiger partial charge in [0.1, 0.15) is 6.17 Å². The molecule has 0 saturated heterocycles. The molecule has 1 heteroatoms. The zero-order chi connectivity index (χ0) is 21.0. The van der Waals surface area contributed by atoms with Crippen LogP contribution in [0.4, 0.5) is 4.39 Å². The summed E-state index contributed by atoms with van der Waals surface area (Å²) >= 11 is 0. The van der Waals surface area contributed by atoms with Gasteiger partial charge in [-0.2, -0.15) is 0 Å². The van der Waals surface area contributed by atoms with Gasteiger partial charge in [-0.15, -0.1) is 0 Å². The van der Waals surface area contributed by atoms with Crippen molar-refractivity contribution in [1.29, 1.82) is 0 Å². The van der Waals surface area contributed by atoms with E-state index < -0.39 is 6.17 Å². The third kappa shape index (κ3) is 3.73. The highest BCUT2D eigenvalue weighted by Crippen LogP contribution is 2.69. The van der Waals surface area contributed by atoms with E-state index in [0.717, 1.165) is 48.3 Å². The SMILES string of the molecule is CC(C)CCCC(C)C1CCC2C3CC(F)C4CC(C)CCC4(C)C3CCC12C. The van der Waals surface area contributed by atoms with E-state index in [4.69, 9.17) is 0 Å². The van der Waals surface area contributed by atoms with Gasteiger partial charge >= 0.3 is 0 Å². The molecule has 10 unspecified atom stereocenters. The van der Waals surface area contributed by atoms with Crippen LogP contribution < -0.4 is 0 Å². The number of hydrogen-bond acceptors (Lipinski definition) is 0. The number of rotatable bonds is 5. The maximum atomic E-state index is 15.6. The Kier molecular flexibility index (Phi) is 6.20. The molecule has 10 atom stereocenters. The first-order valence-electron chi connectivity index (χ1n) is 13.3. The summed E-state index contributed by atoms with van der Waals surface area (Å²) in [6.07, 6.45) is 13.9. The predicted octanol–water partition coefficient (Wildman–Crippen LogP) is 8.69. The van der Waals surface area contributed by atoms with E-state index in [2.05, 4.69) is 41.5 Å². The topological polar surface area (TPSA) is 0 Å². The fourth-order valence-electron chi connectivity index (χ4n) is 9.47. The second-order valence-corrected chi connectivity index (χ2v) is 13.2. The van der Waals surface area contributed by atoms with Crippen molar-refractivity contribution >= 4 is 0 Å². The molecular formula is C28H49F. The van der Waals surface area contributed by atoms with Gasteiger partial charge in [-0.05, 0) is 103 Å². The molecule has 0 heterocycles. The Morgan fingerprint density at radius 2 is 1.52 bits per heavy atom. The van der Waals surface area contributed by atoms with Crippen LogP contribution in [0.15, 0.2) is 0 Å². The van der Waals surface area contributed by atoms with Crippen LogP contribution in [0, 0.1) is 58.2 Å². The van der Waals surface area contributed by atoms with Gasteiger partial charge in [-0.1, -0.05) is 67.2 Å². The molecule has 4 saturated carbocycles. The summed E-state index contributed by atoms with van der Waals surface area (Å²) < 4.78 is 15.6. The monoisotopic (exact) mass is 404 g/mol. The molecule has 0 spiro atoms. The lowest BCUT2D eigenvalue weighted by molar-refractivity contribution is -0.147. The first kappa shape index (κ1) is 22.1. The summed E-state index contributed by atoms with van der Waals surface area (Å²) in [5, 5.41) is 0. The van der Waals surface area contributed by atoms with Crippen LogP contribution in [0.25, 0.3) is 0 Å². The molecule has 168 valence electrons. The lowest BCUT2D eigenvalue weighted by Crippen LogP contribution is -2.57. The van der Waals surface area contributed by atoms with Gasteiger partial charge < -0.3 is 0 Å². The second kappa shape index (κ2) is 8.12. The smallest absolute Gasteiger partial charge is 0.104 e. The van der Waals surface area contributed by atoms with Gasteiger partial charge in [0.25, 0.3) is 0 Å². The van der Waals surface area contributed by atoms with E-state index in [0.29, 0.717) is 17.3 Å². The zero-order valence-corrected chi connectivity index (χ0v) is 20.4. The summed E-state index contributed by atoms with van der Waals surface area (Å²) in [4.78, 5) is 0. The highest BCUT2D eigenvalue weighted by atomic mass is 19.1. The molecule has 4 rings (SSSR count). The van der Waals surface area contributed by atoms with Crippen LogP contribution >= 0.6 is 0 Å². The van der Waals surface area contributed by atoms with Crippen LogP contribution in [0.5, 0.6) is 0 Å². The Morgan fingerprint density at radius 3 is 2.24 bits per heavy atom. The lowest BCUT2D eigenvalue weighted by atomic mass is 9.43. The molecule has 0 nitrogen and oxygen atoms in total. The molecular weight excluding hydrogens is 355 g/mol. The Hall–Kier alpha value is -0.0700. The van der Waals surface area contributed by atoms with Gasteiger partial charge in [0.05, 0.1) is 0 Å². The van der Waals surface area contributed by atoms with E-state index in [9.17, 15) is 0 Å². The molecule has 0 radical (unpaired) electrons. The molecule has 0 aliphatic heterocycles. The second-order valence-electron chi connectivity index (χ2n) is 13.2. The quantitative estimate of drug-likeness (QED) is 0.430. The van der Waals surface area contributed by atoms with Crippen molar-refractivity contribution in [3.8, 4) is 0 Å². The van der Waals surface area contributed by atoms with Gasteiger partial charge in [0, 0.05) is 0 Å². The first-order chi connectivity index (χ1) is 13.7. The van der Waals surface area contributed by atoms with E-state index >= 15 is 4.39 Å². The van der Waals surface area contributed by atoms with Crippen molar-refractivity contribution in [2.24, 2.45) is 58.2 Å². The van der Waals surface area contributed by atoms with Crippen molar-refractivity contribution in [2.45, 2.75) is 118 Å². The molecule has 0 N–H and O–H groups in total. The van der Waals surface area contributed by atoms with Crippen LogP contribution in [-0.2, 0) is 0 Å². The van der Waals surface area contributed by atoms with E-state index in [1.54, 1.807) is 0 Å². The minimum Gasteiger partial charge on any atom is -0.247 e. The molecule has 0 amide bonds. The van der Waals surface area contributed by atoms with Crippen molar-refractivity contribution in [1.82, 2.24) is 0 Å². The van der Waals surface area contributed by atoms with Crippen LogP contribution in [0.1, 0.15) is 112 Å². The molecule has 4 aliphatic rings. The lowest BCUT2D eigenvalue weighted by Gasteiger charge is -2.62. The van der Waals surface area contributed by atoms with Gasteiger partial charge in [-0.3, -0.25) is 0 Å². The summed E-state index contributed by atoms with van der Waals surface area (Å²) in [6.45, 7) is 14.8. The normalized spacial score (nSPS) is 50.7. The standard InChI is InChI=1S/C28H49F/c1-18(2)8-7-9-20(4)22-10-11-23-21-17-26(29)25-16-19(3)12-14-28(25,6)24(21)13-15-27(22,23)5/h18-26H,7-17H2,1-6H3. The third-order valence-electron chi connectivity index (χ3n) is 11.1. The fourth-order valence-corrected chi connectivity index (χ4v) is 9.47. The predicted molar refractivity (Wildman–Crippen MR) is 123 cm³/mol. The van der Waals surface area contributed by atoms with Crippen molar-refractivity contribution < 1.29 is 4.39 Å². The number of hydrogen-bond donors (Lipinski definition) is 0. The average molecular weight is 405 g/mol. The summed E-state index contributed by atoms with van der Waals surface area (Å²) in [5.41, 5.74) is 0.778. The summed E-state index contributed by atoms with van der Waals surface area (Å²) in [5.74, 6) is 5.93. The number of fused-ring (bicyclic) bond motifs is 5. The Labute approximate surface area is 181 Å². The summed E-state index contributed by atoms with van der Waals surface area (Å²) in [7, 11) is 0. The zero-order valence-electron chi connectivity index (χ0n) is 20.4. The highest BCUT2D eigenvalue weighted by Gasteiger charge is 2.62. The van der Waals surface area contributed by atoms with Crippen molar-refractivity contribution in [2.75, 3.05) is 0 Å². The molecule has 0 aromatic carbocycles. The Balaban J connectivity index is 1.50. The summed E-state index contributed by atoms with van der Waals surface area (Å²) in [6, 6.07) is 0. The molecule has 0 aromatic rings. The molecule has 4 fully saturated rings. The van der Waals surface area contributed by atoms with E-state index in [1.165, 1.54) is 57.8 Å². The maximum absolute atomic E-state index is 15.6. The molecule has 29 heavy (non-hydrogen) atoms. The van der Waals surface area contributed by atoms with Crippen molar-refractivity contribution in [3.05, 3.63) is 0 Å². The minimum atomic E-state index is -0.533. The van der Waals surface area contributed by atoms with Gasteiger partial charge in [0.15, 0.2) is 0 Å². The van der Waals surface area contributed by atoms with Crippen LogP contribution in [0.2, 0.25) is 0 Å². The van der Waals surface area contributed by atoms with Crippen molar-refractivity contribution in [3.63, 3.8) is 0 Å². The van der Waals surface area contributed by atoms with Gasteiger partial charge in [0.2, 0.25) is 0 Å². The Morgan fingerprint density at radius 1 is 0.828 bits per heavy atom. The third-order valence-corrected chi connectivity index (χ3v) is 11.1. The fraction of sp³-hybridized carbons (Fsp3) is 1.00. The first-order valence-corrected chi connectivity index (χ1v) is 13.3. The molecule has 0 aromatic heterocycles. The largest absolute Gasteiger partial charge is 0.247 e. The maximum Gasteiger partial charge on any atom is 0.104 e. The van der Waals surface area contributed by atoms with E-state index in [-0.39, 0.29) is 5.41 Å². The highest BCUT2D eigenvalue weighted by molar-refractivity contribution is 5.11. The molecule has 0 bridgehead atoms. The Bertz CT molecular complexity index is 569. The van der Waals surface area contributed by atoms with Crippen LogP contribution in [0.3, 0.4) is 0 Å².